The fraction of sp³-hybridized carbons (Fsp3) is 0.417. The van der Waals surface area contributed by atoms with Crippen LogP contribution in [0.15, 0.2) is 24.5 Å². The summed E-state index contributed by atoms with van der Waals surface area (Å²) in [5, 5.41) is 0. The Bertz CT molecular complexity index is 427. The SMILES string of the molecule is COC(=O)N1CCN(C(=O)c2ccncc2)CC1. The Labute approximate surface area is 105 Å². The number of carbonyl (C=O) groups is 2. The molecule has 6 heteroatoms. The number of carbonyl (C=O) groups excluding carboxylic acids is 2. The number of rotatable bonds is 1. The van der Waals surface area contributed by atoms with Crippen LogP contribution >= 0.6 is 0 Å². The molecule has 1 aromatic heterocycles. The van der Waals surface area contributed by atoms with Gasteiger partial charge in [0, 0.05) is 44.1 Å². The number of nitrogens with zero attached hydrogens (tertiary/aromatic N) is 3. The zero-order valence-electron chi connectivity index (χ0n) is 10.2. The predicted molar refractivity (Wildman–Crippen MR) is 64.1 cm³/mol. The number of methoxy groups -OCH3 is 1. The van der Waals surface area contributed by atoms with Gasteiger partial charge in [-0.1, -0.05) is 0 Å². The summed E-state index contributed by atoms with van der Waals surface area (Å²) in [6.45, 7) is 2.06. The molecule has 0 aromatic carbocycles. The van der Waals surface area contributed by atoms with Crippen molar-refractivity contribution in [1.82, 2.24) is 14.8 Å². The van der Waals surface area contributed by atoms with Crippen molar-refractivity contribution < 1.29 is 14.3 Å². The normalized spacial score (nSPS) is 15.4. The molecule has 6 nitrogen and oxygen atoms in total. The van der Waals surface area contributed by atoms with E-state index in [2.05, 4.69) is 9.72 Å². The first-order valence-corrected chi connectivity index (χ1v) is 5.74. The van der Waals surface area contributed by atoms with Crippen LogP contribution in [-0.2, 0) is 4.74 Å². The molecule has 2 amide bonds. The van der Waals surface area contributed by atoms with Crippen LogP contribution in [-0.4, -0.2) is 60.1 Å². The molecule has 0 unspecified atom stereocenters. The van der Waals surface area contributed by atoms with E-state index in [9.17, 15) is 9.59 Å². The van der Waals surface area contributed by atoms with E-state index in [0.717, 1.165) is 0 Å². The third kappa shape index (κ3) is 2.58. The van der Waals surface area contributed by atoms with E-state index in [1.54, 1.807) is 34.3 Å². The zero-order valence-corrected chi connectivity index (χ0v) is 10.2. The van der Waals surface area contributed by atoms with Gasteiger partial charge in [0.1, 0.15) is 0 Å². The Balaban J connectivity index is 1.94. The Kier molecular flexibility index (Phi) is 3.76. The minimum absolute atomic E-state index is 0.0260. The standard InChI is InChI=1S/C12H15N3O3/c1-18-12(17)15-8-6-14(7-9-15)11(16)10-2-4-13-5-3-10/h2-5H,6-9H2,1H3. The van der Waals surface area contributed by atoms with Crippen LogP contribution in [0.3, 0.4) is 0 Å². The maximum absolute atomic E-state index is 12.1. The van der Waals surface area contributed by atoms with Crippen LogP contribution < -0.4 is 0 Å². The number of ether oxygens (including phenoxy) is 1. The van der Waals surface area contributed by atoms with Gasteiger partial charge >= 0.3 is 6.09 Å². The molecule has 2 heterocycles. The third-order valence-corrected chi connectivity index (χ3v) is 2.93. The van der Waals surface area contributed by atoms with Gasteiger partial charge < -0.3 is 14.5 Å². The fourth-order valence-corrected chi connectivity index (χ4v) is 1.90. The van der Waals surface area contributed by atoms with Gasteiger partial charge in [-0.15, -0.1) is 0 Å². The molecular weight excluding hydrogens is 234 g/mol. The van der Waals surface area contributed by atoms with E-state index < -0.39 is 0 Å². The van der Waals surface area contributed by atoms with Crippen molar-refractivity contribution in [3.05, 3.63) is 30.1 Å². The number of aromatic nitrogens is 1. The Morgan fingerprint density at radius 1 is 1.11 bits per heavy atom. The monoisotopic (exact) mass is 249 g/mol. The van der Waals surface area contributed by atoms with E-state index in [1.807, 2.05) is 0 Å². The lowest BCUT2D eigenvalue weighted by molar-refractivity contribution is 0.0599. The lowest BCUT2D eigenvalue weighted by Crippen LogP contribution is -2.50. The number of pyridine rings is 1. The van der Waals surface area contributed by atoms with Crippen molar-refractivity contribution in [1.29, 1.82) is 0 Å². The van der Waals surface area contributed by atoms with Crippen molar-refractivity contribution in [3.63, 3.8) is 0 Å². The molecule has 0 saturated carbocycles. The largest absolute Gasteiger partial charge is 0.453 e. The summed E-state index contributed by atoms with van der Waals surface area (Å²) in [5.41, 5.74) is 0.622. The van der Waals surface area contributed by atoms with Gasteiger partial charge in [-0.05, 0) is 12.1 Å². The molecule has 0 radical (unpaired) electrons. The number of piperazine rings is 1. The minimum atomic E-state index is -0.342. The highest BCUT2D eigenvalue weighted by Crippen LogP contribution is 2.08. The predicted octanol–water partition coefficient (Wildman–Crippen LogP) is 0.606. The molecule has 1 aromatic rings. The quantitative estimate of drug-likeness (QED) is 0.731. The second-order valence-corrected chi connectivity index (χ2v) is 3.99. The average Bonchev–Trinajstić information content (AvgIpc) is 2.47. The molecule has 18 heavy (non-hydrogen) atoms. The van der Waals surface area contributed by atoms with Crippen LogP contribution in [0.5, 0.6) is 0 Å². The van der Waals surface area contributed by atoms with Crippen molar-refractivity contribution in [2.75, 3.05) is 33.3 Å². The molecule has 1 aliphatic heterocycles. The van der Waals surface area contributed by atoms with Crippen LogP contribution in [0.1, 0.15) is 10.4 Å². The molecule has 0 spiro atoms. The Hall–Kier alpha value is -2.11. The highest BCUT2D eigenvalue weighted by atomic mass is 16.5. The van der Waals surface area contributed by atoms with Gasteiger partial charge in [-0.3, -0.25) is 9.78 Å². The molecule has 1 saturated heterocycles. The zero-order chi connectivity index (χ0) is 13.0. The lowest BCUT2D eigenvalue weighted by Gasteiger charge is -2.33. The van der Waals surface area contributed by atoms with Crippen molar-refractivity contribution in [3.8, 4) is 0 Å². The summed E-state index contributed by atoms with van der Waals surface area (Å²) in [4.78, 5) is 30.6. The molecule has 0 atom stereocenters. The third-order valence-electron chi connectivity index (χ3n) is 2.93. The molecule has 96 valence electrons. The maximum atomic E-state index is 12.1. The van der Waals surface area contributed by atoms with Crippen molar-refractivity contribution in [2.24, 2.45) is 0 Å². The number of hydrogen-bond acceptors (Lipinski definition) is 4. The van der Waals surface area contributed by atoms with Crippen LogP contribution in [0, 0.1) is 0 Å². The molecule has 2 rings (SSSR count). The van der Waals surface area contributed by atoms with E-state index in [0.29, 0.717) is 31.7 Å². The summed E-state index contributed by atoms with van der Waals surface area (Å²) < 4.78 is 4.65. The first kappa shape index (κ1) is 12.3. The van der Waals surface area contributed by atoms with E-state index >= 15 is 0 Å². The lowest BCUT2D eigenvalue weighted by atomic mass is 10.2. The second-order valence-electron chi connectivity index (χ2n) is 3.99. The molecule has 0 aliphatic carbocycles. The number of amides is 2. The summed E-state index contributed by atoms with van der Waals surface area (Å²) in [7, 11) is 1.36. The Morgan fingerprint density at radius 2 is 1.67 bits per heavy atom. The number of hydrogen-bond donors (Lipinski definition) is 0. The van der Waals surface area contributed by atoms with Gasteiger partial charge in [0.15, 0.2) is 0 Å². The molecule has 0 N–H and O–H groups in total. The highest BCUT2D eigenvalue weighted by molar-refractivity contribution is 5.94. The van der Waals surface area contributed by atoms with Crippen molar-refractivity contribution >= 4 is 12.0 Å². The summed E-state index contributed by atoms with van der Waals surface area (Å²) in [6.07, 6.45) is 2.85. The van der Waals surface area contributed by atoms with Gasteiger partial charge in [-0.2, -0.15) is 0 Å². The maximum Gasteiger partial charge on any atom is 0.409 e. The molecule has 1 aliphatic rings. The first-order chi connectivity index (χ1) is 8.72. The van der Waals surface area contributed by atoms with Crippen LogP contribution in [0.4, 0.5) is 4.79 Å². The van der Waals surface area contributed by atoms with E-state index in [4.69, 9.17) is 0 Å². The molecule has 1 fully saturated rings. The highest BCUT2D eigenvalue weighted by Gasteiger charge is 2.24. The van der Waals surface area contributed by atoms with Crippen LogP contribution in [0.25, 0.3) is 0 Å². The second kappa shape index (κ2) is 5.48. The summed E-state index contributed by atoms with van der Waals surface area (Å²) in [6, 6.07) is 3.38. The molecular formula is C12H15N3O3. The van der Waals surface area contributed by atoms with Gasteiger partial charge in [-0.25, -0.2) is 4.79 Å². The van der Waals surface area contributed by atoms with Gasteiger partial charge in [0.05, 0.1) is 7.11 Å². The first-order valence-electron chi connectivity index (χ1n) is 5.74. The smallest absolute Gasteiger partial charge is 0.409 e. The van der Waals surface area contributed by atoms with Gasteiger partial charge in [0.2, 0.25) is 0 Å². The van der Waals surface area contributed by atoms with Crippen molar-refractivity contribution in [2.45, 2.75) is 0 Å². The molecule has 0 bridgehead atoms. The summed E-state index contributed by atoms with van der Waals surface area (Å²) in [5.74, 6) is -0.0260. The summed E-state index contributed by atoms with van der Waals surface area (Å²) >= 11 is 0. The topological polar surface area (TPSA) is 62.7 Å². The minimum Gasteiger partial charge on any atom is -0.453 e. The van der Waals surface area contributed by atoms with E-state index in [-0.39, 0.29) is 12.0 Å². The Morgan fingerprint density at radius 3 is 2.22 bits per heavy atom. The van der Waals surface area contributed by atoms with E-state index in [1.165, 1.54) is 7.11 Å². The van der Waals surface area contributed by atoms with Gasteiger partial charge in [0.25, 0.3) is 5.91 Å². The average molecular weight is 249 g/mol. The fourth-order valence-electron chi connectivity index (χ4n) is 1.90. The van der Waals surface area contributed by atoms with Crippen LogP contribution in [0.2, 0.25) is 0 Å².